The molecule has 0 unspecified atom stereocenters. The lowest BCUT2D eigenvalue weighted by Crippen LogP contribution is -2.52. The summed E-state index contributed by atoms with van der Waals surface area (Å²) in [5, 5.41) is 17.8. The average Bonchev–Trinajstić information content (AvgIpc) is 2.77. The molecule has 13 heteroatoms. The predicted molar refractivity (Wildman–Crippen MR) is 132 cm³/mol. The van der Waals surface area contributed by atoms with Crippen molar-refractivity contribution in [1.29, 1.82) is 0 Å². The van der Waals surface area contributed by atoms with Gasteiger partial charge >= 0.3 is 5.97 Å². The van der Waals surface area contributed by atoms with Crippen molar-refractivity contribution >= 4 is 29.6 Å². The number of aliphatic carboxylic acids is 1. The van der Waals surface area contributed by atoms with Crippen molar-refractivity contribution in [2.75, 3.05) is 13.1 Å². The van der Waals surface area contributed by atoms with Crippen LogP contribution >= 0.6 is 0 Å². The summed E-state index contributed by atoms with van der Waals surface area (Å²) in [6.45, 7) is 9.17. The zero-order chi connectivity index (χ0) is 28.3. The Labute approximate surface area is 215 Å². The summed E-state index contributed by atoms with van der Waals surface area (Å²) >= 11 is 0. The number of aromatic nitrogens is 1. The van der Waals surface area contributed by atoms with E-state index in [2.05, 4.69) is 26.4 Å². The highest BCUT2D eigenvalue weighted by Gasteiger charge is 2.25. The summed E-state index contributed by atoms with van der Waals surface area (Å²) in [5.41, 5.74) is 3.05. The minimum absolute atomic E-state index is 0.00156. The van der Waals surface area contributed by atoms with Crippen LogP contribution in [0, 0.1) is 11.9 Å². The number of carboxylic acid groups (broad SMARTS) is 1. The number of carbonyl (C=O) groups excluding carboxylic acids is 4. The van der Waals surface area contributed by atoms with E-state index in [4.69, 9.17) is 5.11 Å². The van der Waals surface area contributed by atoms with E-state index < -0.39 is 48.3 Å². The number of pyridine rings is 1. The highest BCUT2D eigenvalue weighted by molar-refractivity contribution is 6.00. The predicted octanol–water partition coefficient (Wildman–Crippen LogP) is 0.718. The fourth-order valence-corrected chi connectivity index (χ4v) is 3.19. The Bertz CT molecular complexity index is 1040. The molecule has 0 saturated carbocycles. The Morgan fingerprint density at radius 2 is 1.73 bits per heavy atom. The fraction of sp³-hybridized carbons (Fsp3) is 0.500. The zero-order valence-electron chi connectivity index (χ0n) is 21.8. The molecule has 37 heavy (non-hydrogen) atoms. The van der Waals surface area contributed by atoms with E-state index in [9.17, 15) is 28.4 Å². The van der Waals surface area contributed by atoms with Crippen LogP contribution in [-0.2, 0) is 19.2 Å². The number of carboxylic acids is 1. The Morgan fingerprint density at radius 1 is 1.08 bits per heavy atom. The van der Waals surface area contributed by atoms with Gasteiger partial charge in [0, 0.05) is 37.3 Å². The Kier molecular flexibility index (Phi) is 12.3. The van der Waals surface area contributed by atoms with Crippen molar-refractivity contribution in [2.24, 2.45) is 5.92 Å². The van der Waals surface area contributed by atoms with Gasteiger partial charge in [-0.1, -0.05) is 13.8 Å². The van der Waals surface area contributed by atoms with Crippen LogP contribution in [0.15, 0.2) is 29.6 Å². The van der Waals surface area contributed by atoms with Gasteiger partial charge in [0.05, 0.1) is 0 Å². The molecule has 1 aromatic heterocycles. The minimum atomic E-state index is -1.31. The fourth-order valence-electron chi connectivity index (χ4n) is 3.19. The Balaban J connectivity index is 2.87. The molecule has 1 heterocycles. The van der Waals surface area contributed by atoms with E-state index >= 15 is 0 Å². The van der Waals surface area contributed by atoms with Crippen LogP contribution in [0.5, 0.6) is 0 Å². The van der Waals surface area contributed by atoms with Crippen molar-refractivity contribution in [3.8, 4) is 0 Å². The number of nitrogens with zero attached hydrogens (tertiary/aromatic N) is 2. The summed E-state index contributed by atoms with van der Waals surface area (Å²) in [6, 6.07) is 0.664. The number of nitrogens with one attached hydrogen (secondary N) is 4. The standard InChI is InChI=1S/C24H35FN6O6/c1-13(2)9-18(29-16(6)32)22(35)30-21(14(3)4)23(36)28-15(5)11-27-31(12-20(33)34)24(37)17-7-8-26-19(25)10-17/h7-8,10,13,15,18,27H,9,11-12H2,1-6H3,(H,28,36)(H,29,32)(H,30,35)(H,33,34)/t15-,18-/m0/s1. The van der Waals surface area contributed by atoms with Gasteiger partial charge in [-0.05, 0) is 44.7 Å². The molecule has 0 saturated heterocycles. The quantitative estimate of drug-likeness (QED) is 0.143. The van der Waals surface area contributed by atoms with Crippen LogP contribution in [0.4, 0.5) is 4.39 Å². The molecule has 1 aromatic rings. The number of hydrazine groups is 1. The topological polar surface area (TPSA) is 170 Å². The third-order valence-electron chi connectivity index (χ3n) is 4.85. The van der Waals surface area contributed by atoms with Gasteiger partial charge in [0.2, 0.25) is 17.8 Å². The van der Waals surface area contributed by atoms with Gasteiger partial charge in [0.1, 0.15) is 18.3 Å². The maximum Gasteiger partial charge on any atom is 0.324 e. The van der Waals surface area contributed by atoms with Gasteiger partial charge in [0.25, 0.3) is 11.8 Å². The van der Waals surface area contributed by atoms with Gasteiger partial charge in [-0.15, -0.1) is 0 Å². The largest absolute Gasteiger partial charge is 0.480 e. The lowest BCUT2D eigenvalue weighted by molar-refractivity contribution is -0.138. The molecule has 5 N–H and O–H groups in total. The first-order valence-corrected chi connectivity index (χ1v) is 11.7. The molecule has 0 fully saturated rings. The normalized spacial score (nSPS) is 12.2. The van der Waals surface area contributed by atoms with Gasteiger partial charge in [-0.25, -0.2) is 10.4 Å². The number of rotatable bonds is 13. The molecule has 0 spiro atoms. The SMILES string of the molecule is CC(=O)N[C@@H](CC(C)C)C(=O)NC(C(=O)N[C@@H](C)CNN(CC(=O)O)C(=O)c1ccnc(F)c1)=C(C)C. The molecule has 0 bridgehead atoms. The molecular weight excluding hydrogens is 487 g/mol. The van der Waals surface area contributed by atoms with Crippen LogP contribution < -0.4 is 21.4 Å². The summed E-state index contributed by atoms with van der Waals surface area (Å²) in [6.07, 6.45) is 1.45. The molecule has 2 atom stereocenters. The van der Waals surface area contributed by atoms with E-state index in [-0.39, 0.29) is 29.6 Å². The number of hydrogen-bond donors (Lipinski definition) is 5. The van der Waals surface area contributed by atoms with Gasteiger partial charge in [-0.2, -0.15) is 4.39 Å². The Hall–Kier alpha value is -3.87. The highest BCUT2D eigenvalue weighted by Crippen LogP contribution is 2.08. The van der Waals surface area contributed by atoms with Crippen LogP contribution in [-0.4, -0.2) is 69.9 Å². The molecule has 0 aliphatic rings. The zero-order valence-corrected chi connectivity index (χ0v) is 21.8. The second-order valence-corrected chi connectivity index (χ2v) is 9.14. The van der Waals surface area contributed by atoms with E-state index in [1.54, 1.807) is 20.8 Å². The molecule has 0 aromatic carbocycles. The van der Waals surface area contributed by atoms with Crippen LogP contribution in [0.1, 0.15) is 58.3 Å². The molecule has 0 aliphatic carbocycles. The van der Waals surface area contributed by atoms with Crippen molar-refractivity contribution in [3.05, 3.63) is 41.1 Å². The van der Waals surface area contributed by atoms with Gasteiger partial charge < -0.3 is 21.1 Å². The maximum atomic E-state index is 13.4. The van der Waals surface area contributed by atoms with Crippen LogP contribution in [0.3, 0.4) is 0 Å². The van der Waals surface area contributed by atoms with E-state index in [1.807, 2.05) is 13.8 Å². The number of allylic oxidation sites excluding steroid dienone is 1. The minimum Gasteiger partial charge on any atom is -0.480 e. The first-order chi connectivity index (χ1) is 17.2. The molecular formula is C24H35FN6O6. The second kappa shape index (κ2) is 14.6. The monoisotopic (exact) mass is 522 g/mol. The van der Waals surface area contributed by atoms with E-state index in [1.165, 1.54) is 13.0 Å². The van der Waals surface area contributed by atoms with Crippen molar-refractivity contribution in [2.45, 2.75) is 60.0 Å². The maximum absolute atomic E-state index is 13.4. The molecule has 0 aliphatic heterocycles. The number of hydrogen-bond acceptors (Lipinski definition) is 7. The molecule has 1 rings (SSSR count). The molecule has 4 amide bonds. The third kappa shape index (κ3) is 11.2. The molecule has 204 valence electrons. The Morgan fingerprint density at radius 3 is 2.24 bits per heavy atom. The van der Waals surface area contributed by atoms with Crippen molar-refractivity contribution in [3.63, 3.8) is 0 Å². The van der Waals surface area contributed by atoms with E-state index in [0.29, 0.717) is 12.0 Å². The highest BCUT2D eigenvalue weighted by atomic mass is 19.1. The van der Waals surface area contributed by atoms with E-state index in [0.717, 1.165) is 17.3 Å². The summed E-state index contributed by atoms with van der Waals surface area (Å²) in [7, 11) is 0. The van der Waals surface area contributed by atoms with Crippen molar-refractivity contribution < 1.29 is 33.5 Å². The van der Waals surface area contributed by atoms with Crippen LogP contribution in [0.25, 0.3) is 0 Å². The number of halogens is 1. The summed E-state index contributed by atoms with van der Waals surface area (Å²) in [4.78, 5) is 64.4. The second-order valence-electron chi connectivity index (χ2n) is 9.14. The smallest absolute Gasteiger partial charge is 0.324 e. The third-order valence-corrected chi connectivity index (χ3v) is 4.85. The summed E-state index contributed by atoms with van der Waals surface area (Å²) in [5.74, 6) is -4.42. The molecule has 0 radical (unpaired) electrons. The lowest BCUT2D eigenvalue weighted by atomic mass is 10.0. The number of carbonyl (C=O) groups is 5. The first kappa shape index (κ1) is 31.2. The van der Waals surface area contributed by atoms with Gasteiger partial charge in [0.15, 0.2) is 0 Å². The number of amides is 4. The first-order valence-electron chi connectivity index (χ1n) is 11.7. The van der Waals surface area contributed by atoms with Gasteiger partial charge in [-0.3, -0.25) is 29.0 Å². The average molecular weight is 523 g/mol. The lowest BCUT2D eigenvalue weighted by Gasteiger charge is -2.25. The summed E-state index contributed by atoms with van der Waals surface area (Å²) < 4.78 is 13.4. The van der Waals surface area contributed by atoms with Crippen molar-refractivity contribution in [1.82, 2.24) is 31.4 Å². The van der Waals surface area contributed by atoms with Crippen LogP contribution in [0.2, 0.25) is 0 Å². The molecule has 12 nitrogen and oxygen atoms in total.